The van der Waals surface area contributed by atoms with Crippen LogP contribution < -0.4 is 11.1 Å². The Kier molecular flexibility index (Phi) is 3.18. The molecule has 0 aliphatic carbocycles. The molecule has 0 fully saturated rings. The maximum Gasteiger partial charge on any atom is 0.255 e. The standard InChI is InChI=1S/C15H14N4O/c16-9-13-8-11(4-5-17-13)15(20)19-12-1-2-14-10(7-12)3-6-18-14/h1-8,18H,9,16H2,(H,19,20). The number of hydrogen-bond donors (Lipinski definition) is 3. The average Bonchev–Trinajstić information content (AvgIpc) is 2.95. The number of carbonyl (C=O) groups excluding carboxylic acids is 1. The zero-order valence-electron chi connectivity index (χ0n) is 10.8. The minimum absolute atomic E-state index is 0.169. The highest BCUT2D eigenvalue weighted by atomic mass is 16.1. The SMILES string of the molecule is NCc1cc(C(=O)Nc2ccc3[nH]ccc3c2)ccn1. The zero-order chi connectivity index (χ0) is 13.9. The van der Waals surface area contributed by atoms with Gasteiger partial charge in [0.2, 0.25) is 0 Å². The van der Waals surface area contributed by atoms with Crippen molar-refractivity contribution in [3.8, 4) is 0 Å². The molecule has 0 bridgehead atoms. The van der Waals surface area contributed by atoms with Gasteiger partial charge in [-0.3, -0.25) is 9.78 Å². The largest absolute Gasteiger partial charge is 0.361 e. The number of rotatable bonds is 3. The van der Waals surface area contributed by atoms with E-state index in [0.717, 1.165) is 16.6 Å². The van der Waals surface area contributed by atoms with Gasteiger partial charge in [0.1, 0.15) is 0 Å². The van der Waals surface area contributed by atoms with Crippen LogP contribution in [0, 0.1) is 0 Å². The number of anilines is 1. The second kappa shape index (κ2) is 5.14. The number of pyridine rings is 1. The molecule has 0 atom stereocenters. The molecule has 3 aromatic rings. The van der Waals surface area contributed by atoms with Gasteiger partial charge in [-0.05, 0) is 36.4 Å². The molecule has 2 heterocycles. The van der Waals surface area contributed by atoms with Crippen molar-refractivity contribution >= 4 is 22.5 Å². The molecular formula is C15H14N4O. The molecule has 0 saturated heterocycles. The van der Waals surface area contributed by atoms with Gasteiger partial charge in [0.15, 0.2) is 0 Å². The number of fused-ring (bicyclic) bond motifs is 1. The summed E-state index contributed by atoms with van der Waals surface area (Å²) in [6, 6.07) is 11.1. The monoisotopic (exact) mass is 266 g/mol. The number of hydrogen-bond acceptors (Lipinski definition) is 3. The highest BCUT2D eigenvalue weighted by molar-refractivity contribution is 6.05. The van der Waals surface area contributed by atoms with Gasteiger partial charge >= 0.3 is 0 Å². The van der Waals surface area contributed by atoms with Crippen LogP contribution in [0.2, 0.25) is 0 Å². The minimum Gasteiger partial charge on any atom is -0.361 e. The second-order valence-electron chi connectivity index (χ2n) is 4.47. The Hall–Kier alpha value is -2.66. The summed E-state index contributed by atoms with van der Waals surface area (Å²) in [6.45, 7) is 0.316. The van der Waals surface area contributed by atoms with Gasteiger partial charge in [-0.15, -0.1) is 0 Å². The van der Waals surface area contributed by atoms with Crippen LogP contribution in [0.15, 0.2) is 48.8 Å². The summed E-state index contributed by atoms with van der Waals surface area (Å²) >= 11 is 0. The Morgan fingerprint density at radius 1 is 1.25 bits per heavy atom. The summed E-state index contributed by atoms with van der Waals surface area (Å²) in [6.07, 6.45) is 3.46. The number of amides is 1. The highest BCUT2D eigenvalue weighted by Crippen LogP contribution is 2.18. The van der Waals surface area contributed by atoms with E-state index < -0.39 is 0 Å². The smallest absolute Gasteiger partial charge is 0.255 e. The Balaban J connectivity index is 1.83. The molecule has 0 saturated carbocycles. The molecule has 4 N–H and O–H groups in total. The topological polar surface area (TPSA) is 83.8 Å². The van der Waals surface area contributed by atoms with E-state index >= 15 is 0 Å². The van der Waals surface area contributed by atoms with E-state index in [1.807, 2.05) is 30.5 Å². The van der Waals surface area contributed by atoms with E-state index in [4.69, 9.17) is 5.73 Å². The Bertz CT molecular complexity index is 763. The van der Waals surface area contributed by atoms with Gasteiger partial charge in [-0.25, -0.2) is 0 Å². The first-order valence-electron chi connectivity index (χ1n) is 6.30. The minimum atomic E-state index is -0.169. The fraction of sp³-hybridized carbons (Fsp3) is 0.0667. The summed E-state index contributed by atoms with van der Waals surface area (Å²) in [5.41, 5.74) is 8.56. The van der Waals surface area contributed by atoms with Crippen LogP contribution in [-0.2, 0) is 6.54 Å². The van der Waals surface area contributed by atoms with Gasteiger partial charge in [0, 0.05) is 41.1 Å². The van der Waals surface area contributed by atoms with Gasteiger partial charge in [-0.2, -0.15) is 0 Å². The maximum atomic E-state index is 12.2. The number of nitrogens with zero attached hydrogens (tertiary/aromatic N) is 1. The first-order valence-corrected chi connectivity index (χ1v) is 6.30. The predicted octanol–water partition coefficient (Wildman–Crippen LogP) is 2.27. The van der Waals surface area contributed by atoms with Crippen molar-refractivity contribution in [2.75, 3.05) is 5.32 Å². The fourth-order valence-corrected chi connectivity index (χ4v) is 2.07. The van der Waals surface area contributed by atoms with E-state index in [1.165, 1.54) is 0 Å². The molecule has 0 unspecified atom stereocenters. The molecule has 0 radical (unpaired) electrons. The fourth-order valence-electron chi connectivity index (χ4n) is 2.07. The Morgan fingerprint density at radius 2 is 2.15 bits per heavy atom. The van der Waals surface area contributed by atoms with Gasteiger partial charge in [0.05, 0.1) is 5.69 Å². The Labute approximate surface area is 115 Å². The summed E-state index contributed by atoms with van der Waals surface area (Å²) in [5.74, 6) is -0.169. The van der Waals surface area contributed by atoms with Crippen molar-refractivity contribution in [1.82, 2.24) is 9.97 Å². The molecule has 1 amide bonds. The van der Waals surface area contributed by atoms with E-state index in [2.05, 4.69) is 15.3 Å². The molecule has 2 aromatic heterocycles. The number of carbonyl (C=O) groups is 1. The van der Waals surface area contributed by atoms with Crippen molar-refractivity contribution in [3.63, 3.8) is 0 Å². The lowest BCUT2D eigenvalue weighted by Crippen LogP contribution is -2.13. The molecule has 0 aliphatic rings. The molecule has 5 heteroatoms. The average molecular weight is 266 g/mol. The molecule has 3 rings (SSSR count). The predicted molar refractivity (Wildman–Crippen MR) is 78.4 cm³/mol. The lowest BCUT2D eigenvalue weighted by atomic mass is 10.2. The van der Waals surface area contributed by atoms with Gasteiger partial charge < -0.3 is 16.0 Å². The second-order valence-corrected chi connectivity index (χ2v) is 4.47. The highest BCUT2D eigenvalue weighted by Gasteiger charge is 2.07. The van der Waals surface area contributed by atoms with E-state index in [9.17, 15) is 4.79 Å². The molecule has 20 heavy (non-hydrogen) atoms. The van der Waals surface area contributed by atoms with E-state index in [0.29, 0.717) is 17.8 Å². The van der Waals surface area contributed by atoms with Crippen molar-refractivity contribution in [1.29, 1.82) is 0 Å². The lowest BCUT2D eigenvalue weighted by molar-refractivity contribution is 0.102. The third-order valence-corrected chi connectivity index (χ3v) is 3.10. The molecule has 1 aromatic carbocycles. The number of aromatic nitrogens is 2. The maximum absolute atomic E-state index is 12.2. The third kappa shape index (κ3) is 2.39. The van der Waals surface area contributed by atoms with Crippen LogP contribution in [-0.4, -0.2) is 15.9 Å². The van der Waals surface area contributed by atoms with Crippen LogP contribution in [0.25, 0.3) is 10.9 Å². The Morgan fingerprint density at radius 3 is 3.00 bits per heavy atom. The summed E-state index contributed by atoms with van der Waals surface area (Å²) < 4.78 is 0. The normalized spacial score (nSPS) is 10.7. The number of H-pyrrole nitrogens is 1. The number of nitrogens with two attached hydrogens (primary N) is 1. The van der Waals surface area contributed by atoms with Crippen LogP contribution >= 0.6 is 0 Å². The van der Waals surface area contributed by atoms with Crippen molar-refractivity contribution < 1.29 is 4.79 Å². The number of aromatic amines is 1. The first kappa shape index (κ1) is 12.4. The quantitative estimate of drug-likeness (QED) is 0.680. The molecular weight excluding hydrogens is 252 g/mol. The van der Waals surface area contributed by atoms with Crippen LogP contribution in [0.1, 0.15) is 16.1 Å². The number of benzene rings is 1. The summed E-state index contributed by atoms with van der Waals surface area (Å²) in [7, 11) is 0. The van der Waals surface area contributed by atoms with Crippen LogP contribution in [0.4, 0.5) is 5.69 Å². The van der Waals surface area contributed by atoms with Crippen LogP contribution in [0.5, 0.6) is 0 Å². The van der Waals surface area contributed by atoms with Gasteiger partial charge in [-0.1, -0.05) is 0 Å². The zero-order valence-corrected chi connectivity index (χ0v) is 10.8. The summed E-state index contributed by atoms with van der Waals surface area (Å²) in [5, 5.41) is 3.93. The van der Waals surface area contributed by atoms with Crippen molar-refractivity contribution in [2.45, 2.75) is 6.54 Å². The third-order valence-electron chi connectivity index (χ3n) is 3.10. The van der Waals surface area contributed by atoms with E-state index in [-0.39, 0.29) is 5.91 Å². The first-order chi connectivity index (χ1) is 9.76. The molecule has 5 nitrogen and oxygen atoms in total. The summed E-state index contributed by atoms with van der Waals surface area (Å²) in [4.78, 5) is 19.4. The molecule has 0 spiro atoms. The molecule has 0 aliphatic heterocycles. The van der Waals surface area contributed by atoms with Crippen molar-refractivity contribution in [2.24, 2.45) is 5.73 Å². The lowest BCUT2D eigenvalue weighted by Gasteiger charge is -2.06. The van der Waals surface area contributed by atoms with Crippen LogP contribution in [0.3, 0.4) is 0 Å². The van der Waals surface area contributed by atoms with E-state index in [1.54, 1.807) is 18.3 Å². The van der Waals surface area contributed by atoms with Gasteiger partial charge in [0.25, 0.3) is 5.91 Å². The number of nitrogens with one attached hydrogen (secondary N) is 2. The molecule has 100 valence electrons. The van der Waals surface area contributed by atoms with Crippen molar-refractivity contribution in [3.05, 3.63) is 60.0 Å².